The van der Waals surface area contributed by atoms with Crippen molar-refractivity contribution in [2.24, 2.45) is 0 Å². The average Bonchev–Trinajstić information content (AvgIpc) is 2.41. The fourth-order valence-corrected chi connectivity index (χ4v) is 2.38. The molecule has 1 aromatic carbocycles. The van der Waals surface area contributed by atoms with Gasteiger partial charge in [0.25, 0.3) is 0 Å². The van der Waals surface area contributed by atoms with Gasteiger partial charge in [0, 0.05) is 13.1 Å². The van der Waals surface area contributed by atoms with Gasteiger partial charge in [0.05, 0.1) is 12.2 Å². The Balaban J connectivity index is 2.12. The number of ether oxygens (including phenoxy) is 1. The Morgan fingerprint density at radius 2 is 2.32 bits per heavy atom. The predicted octanol–water partition coefficient (Wildman–Crippen LogP) is 2.43. The molecule has 0 radical (unpaired) electrons. The molecule has 0 spiro atoms. The Morgan fingerprint density at radius 1 is 1.53 bits per heavy atom. The molecule has 1 saturated heterocycles. The van der Waals surface area contributed by atoms with E-state index in [2.05, 4.69) is 11.8 Å². The molecule has 1 atom stereocenters. The van der Waals surface area contributed by atoms with E-state index in [1.54, 1.807) is 12.1 Å². The lowest BCUT2D eigenvalue weighted by Gasteiger charge is -2.31. The van der Waals surface area contributed by atoms with Crippen LogP contribution in [0.25, 0.3) is 0 Å². The third-order valence-electron chi connectivity index (χ3n) is 3.37. The molecule has 1 heterocycles. The first-order chi connectivity index (χ1) is 9.11. The van der Waals surface area contributed by atoms with Crippen LogP contribution in [0.5, 0.6) is 0 Å². The van der Waals surface area contributed by atoms with E-state index in [4.69, 9.17) is 4.74 Å². The summed E-state index contributed by atoms with van der Waals surface area (Å²) in [6, 6.07) is 4.60. The van der Waals surface area contributed by atoms with E-state index < -0.39 is 11.9 Å². The van der Waals surface area contributed by atoms with Crippen molar-refractivity contribution in [1.82, 2.24) is 4.90 Å². The number of morpholine rings is 1. The molecule has 1 aliphatic heterocycles. The monoisotopic (exact) mass is 265 g/mol. The number of rotatable bonds is 4. The van der Waals surface area contributed by atoms with Crippen LogP contribution >= 0.6 is 0 Å². The SMILES string of the molecule is CCCN1CCOC(C(=O)c2cc(C)ccc2F)C1. The summed E-state index contributed by atoms with van der Waals surface area (Å²) in [5.74, 6) is -0.714. The number of ketones is 1. The topological polar surface area (TPSA) is 29.5 Å². The van der Waals surface area contributed by atoms with Crippen LogP contribution in [0, 0.1) is 12.7 Å². The van der Waals surface area contributed by atoms with Gasteiger partial charge >= 0.3 is 0 Å². The Labute approximate surface area is 113 Å². The van der Waals surface area contributed by atoms with Gasteiger partial charge in [-0.05, 0) is 32.0 Å². The van der Waals surface area contributed by atoms with E-state index in [0.29, 0.717) is 13.2 Å². The number of halogens is 1. The van der Waals surface area contributed by atoms with Crippen LogP contribution < -0.4 is 0 Å². The van der Waals surface area contributed by atoms with E-state index in [1.165, 1.54) is 6.07 Å². The molecule has 0 saturated carbocycles. The highest BCUT2D eigenvalue weighted by Crippen LogP contribution is 2.16. The molecule has 104 valence electrons. The van der Waals surface area contributed by atoms with Crippen LogP contribution in [0.1, 0.15) is 29.3 Å². The fraction of sp³-hybridized carbons (Fsp3) is 0.533. The van der Waals surface area contributed by atoms with Crippen LogP contribution in [0.2, 0.25) is 0 Å². The lowest BCUT2D eigenvalue weighted by atomic mass is 10.0. The third-order valence-corrected chi connectivity index (χ3v) is 3.37. The van der Waals surface area contributed by atoms with Crippen LogP contribution in [-0.4, -0.2) is 43.0 Å². The normalized spacial score (nSPS) is 20.5. The molecule has 1 unspecified atom stereocenters. The van der Waals surface area contributed by atoms with Gasteiger partial charge in [0.2, 0.25) is 0 Å². The number of hydrogen-bond donors (Lipinski definition) is 0. The highest BCUT2D eigenvalue weighted by Gasteiger charge is 2.28. The summed E-state index contributed by atoms with van der Waals surface area (Å²) in [5.41, 5.74) is 1.02. The number of carbonyl (C=O) groups excluding carboxylic acids is 1. The number of Topliss-reactive ketones (excluding diaryl/α,β-unsaturated/α-hetero) is 1. The van der Waals surface area contributed by atoms with E-state index in [-0.39, 0.29) is 11.3 Å². The zero-order chi connectivity index (χ0) is 13.8. The van der Waals surface area contributed by atoms with Crippen molar-refractivity contribution in [3.8, 4) is 0 Å². The van der Waals surface area contributed by atoms with E-state index >= 15 is 0 Å². The molecule has 3 nitrogen and oxygen atoms in total. The fourth-order valence-electron chi connectivity index (χ4n) is 2.38. The van der Waals surface area contributed by atoms with Crippen molar-refractivity contribution in [3.63, 3.8) is 0 Å². The number of nitrogens with zero attached hydrogens (tertiary/aromatic N) is 1. The summed E-state index contributed by atoms with van der Waals surface area (Å²) in [5, 5.41) is 0. The maximum atomic E-state index is 13.7. The largest absolute Gasteiger partial charge is 0.367 e. The molecule has 1 aromatic rings. The summed E-state index contributed by atoms with van der Waals surface area (Å²) >= 11 is 0. The molecule has 0 bridgehead atoms. The van der Waals surface area contributed by atoms with Crippen LogP contribution in [0.4, 0.5) is 4.39 Å². The third kappa shape index (κ3) is 3.39. The molecule has 2 rings (SSSR count). The molecule has 1 aliphatic rings. The highest BCUT2D eigenvalue weighted by atomic mass is 19.1. The molecular weight excluding hydrogens is 245 g/mol. The zero-order valence-electron chi connectivity index (χ0n) is 11.5. The molecule has 19 heavy (non-hydrogen) atoms. The van der Waals surface area contributed by atoms with Crippen molar-refractivity contribution in [2.75, 3.05) is 26.2 Å². The first-order valence-electron chi connectivity index (χ1n) is 6.76. The summed E-state index contributed by atoms with van der Waals surface area (Å²) < 4.78 is 19.2. The van der Waals surface area contributed by atoms with Gasteiger partial charge in [-0.3, -0.25) is 9.69 Å². The van der Waals surface area contributed by atoms with E-state index in [1.807, 2.05) is 6.92 Å². The van der Waals surface area contributed by atoms with Gasteiger partial charge in [-0.15, -0.1) is 0 Å². The van der Waals surface area contributed by atoms with Crippen molar-refractivity contribution < 1.29 is 13.9 Å². The Morgan fingerprint density at radius 3 is 3.05 bits per heavy atom. The van der Waals surface area contributed by atoms with Gasteiger partial charge in [0.15, 0.2) is 5.78 Å². The van der Waals surface area contributed by atoms with Crippen LogP contribution in [0.3, 0.4) is 0 Å². The predicted molar refractivity (Wildman–Crippen MR) is 71.9 cm³/mol. The zero-order valence-corrected chi connectivity index (χ0v) is 11.5. The maximum absolute atomic E-state index is 13.7. The standard InChI is InChI=1S/C15H20FNO2/c1-3-6-17-7-8-19-14(10-17)15(18)12-9-11(2)4-5-13(12)16/h4-5,9,14H,3,6-8,10H2,1-2H3. The quantitative estimate of drug-likeness (QED) is 0.783. The molecule has 1 fully saturated rings. The summed E-state index contributed by atoms with van der Waals surface area (Å²) in [6.07, 6.45) is 0.497. The second-order valence-corrected chi connectivity index (χ2v) is 5.01. The van der Waals surface area contributed by atoms with Gasteiger partial charge in [-0.25, -0.2) is 4.39 Å². The molecule has 0 amide bonds. The molecule has 4 heteroatoms. The smallest absolute Gasteiger partial charge is 0.195 e. The summed E-state index contributed by atoms with van der Waals surface area (Å²) in [6.45, 7) is 6.83. The molecule has 0 N–H and O–H groups in total. The summed E-state index contributed by atoms with van der Waals surface area (Å²) in [7, 11) is 0. The number of aryl methyl sites for hydroxylation is 1. The van der Waals surface area contributed by atoms with Gasteiger partial charge < -0.3 is 4.74 Å². The first-order valence-corrected chi connectivity index (χ1v) is 6.76. The van der Waals surface area contributed by atoms with Crippen molar-refractivity contribution in [1.29, 1.82) is 0 Å². The number of hydrogen-bond acceptors (Lipinski definition) is 3. The van der Waals surface area contributed by atoms with Crippen molar-refractivity contribution in [2.45, 2.75) is 26.4 Å². The minimum Gasteiger partial charge on any atom is -0.367 e. The first kappa shape index (κ1) is 14.2. The Bertz CT molecular complexity index is 459. The van der Waals surface area contributed by atoms with Crippen LogP contribution in [-0.2, 0) is 4.74 Å². The summed E-state index contributed by atoms with van der Waals surface area (Å²) in [4.78, 5) is 14.5. The lowest BCUT2D eigenvalue weighted by molar-refractivity contribution is -0.0165. The Hall–Kier alpha value is -1.26. The second-order valence-electron chi connectivity index (χ2n) is 5.01. The lowest BCUT2D eigenvalue weighted by Crippen LogP contribution is -2.46. The van der Waals surface area contributed by atoms with Crippen molar-refractivity contribution in [3.05, 3.63) is 35.1 Å². The molecule has 0 aliphatic carbocycles. The van der Waals surface area contributed by atoms with Gasteiger partial charge in [-0.1, -0.05) is 18.6 Å². The minimum absolute atomic E-state index is 0.142. The van der Waals surface area contributed by atoms with Gasteiger partial charge in [-0.2, -0.15) is 0 Å². The average molecular weight is 265 g/mol. The van der Waals surface area contributed by atoms with E-state index in [9.17, 15) is 9.18 Å². The van der Waals surface area contributed by atoms with E-state index in [0.717, 1.165) is 25.1 Å². The second kappa shape index (κ2) is 6.26. The van der Waals surface area contributed by atoms with Gasteiger partial charge in [0.1, 0.15) is 11.9 Å². The van der Waals surface area contributed by atoms with Crippen molar-refractivity contribution >= 4 is 5.78 Å². The molecular formula is C15H20FNO2. The Kier molecular flexibility index (Phi) is 4.66. The number of carbonyl (C=O) groups is 1. The molecule has 0 aromatic heterocycles. The minimum atomic E-state index is -0.545. The highest BCUT2D eigenvalue weighted by molar-refractivity contribution is 6.00. The maximum Gasteiger partial charge on any atom is 0.195 e. The number of benzene rings is 1. The van der Waals surface area contributed by atoms with Crippen LogP contribution in [0.15, 0.2) is 18.2 Å².